The third-order valence-electron chi connectivity index (χ3n) is 5.48. The van der Waals surface area contributed by atoms with Gasteiger partial charge in [0.15, 0.2) is 0 Å². The SMILES string of the molecule is COCCN1C(=O)C(c2ccc(OCC(C)C)cc2)=C(N2CCCC(CO)C2)C1=O. The fourth-order valence-corrected chi connectivity index (χ4v) is 3.90. The Morgan fingerprint density at radius 3 is 2.53 bits per heavy atom. The summed E-state index contributed by atoms with van der Waals surface area (Å²) in [4.78, 5) is 29.6. The fraction of sp³-hybridized carbons (Fsp3) is 0.565. The number of methoxy groups -OCH3 is 1. The van der Waals surface area contributed by atoms with Crippen LogP contribution in [0.3, 0.4) is 0 Å². The highest BCUT2D eigenvalue weighted by atomic mass is 16.5. The zero-order chi connectivity index (χ0) is 21.7. The van der Waals surface area contributed by atoms with Crippen LogP contribution >= 0.6 is 0 Å². The molecule has 7 nitrogen and oxygen atoms in total. The zero-order valence-corrected chi connectivity index (χ0v) is 18.1. The Morgan fingerprint density at radius 1 is 1.17 bits per heavy atom. The smallest absolute Gasteiger partial charge is 0.277 e. The van der Waals surface area contributed by atoms with E-state index in [0.717, 1.165) is 18.6 Å². The number of aliphatic hydroxyl groups excluding tert-OH is 1. The van der Waals surface area contributed by atoms with Crippen molar-refractivity contribution in [3.8, 4) is 5.75 Å². The molecule has 1 aromatic rings. The number of benzene rings is 1. The summed E-state index contributed by atoms with van der Waals surface area (Å²) in [5.74, 6) is 0.678. The molecule has 1 saturated heterocycles. The van der Waals surface area contributed by atoms with E-state index in [2.05, 4.69) is 13.8 Å². The lowest BCUT2D eigenvalue weighted by atomic mass is 9.97. The Hall–Kier alpha value is -2.38. The molecule has 1 atom stereocenters. The molecule has 3 rings (SSSR count). The van der Waals surface area contributed by atoms with Crippen LogP contribution in [0.15, 0.2) is 30.0 Å². The van der Waals surface area contributed by atoms with Crippen LogP contribution in [-0.2, 0) is 14.3 Å². The topological polar surface area (TPSA) is 79.3 Å². The van der Waals surface area contributed by atoms with Gasteiger partial charge < -0.3 is 19.5 Å². The Balaban J connectivity index is 1.93. The molecule has 0 radical (unpaired) electrons. The molecule has 1 unspecified atom stereocenters. The molecule has 0 saturated carbocycles. The van der Waals surface area contributed by atoms with Crippen molar-refractivity contribution < 1.29 is 24.2 Å². The van der Waals surface area contributed by atoms with Gasteiger partial charge in [-0.25, -0.2) is 0 Å². The summed E-state index contributed by atoms with van der Waals surface area (Å²) < 4.78 is 10.8. The van der Waals surface area contributed by atoms with Gasteiger partial charge in [0, 0.05) is 26.8 Å². The van der Waals surface area contributed by atoms with Gasteiger partial charge in [0.05, 0.1) is 25.3 Å². The standard InChI is InChI=1S/C23H32N2O5/c1-16(2)15-30-19-8-6-18(7-9-19)20-21(24-10-4-5-17(13-24)14-26)23(28)25(22(20)27)11-12-29-3/h6-9,16-17,26H,4-5,10-15H2,1-3H3. The Labute approximate surface area is 178 Å². The molecule has 0 aromatic heterocycles. The maximum Gasteiger partial charge on any atom is 0.277 e. The zero-order valence-electron chi connectivity index (χ0n) is 18.1. The molecule has 1 fully saturated rings. The van der Waals surface area contributed by atoms with Gasteiger partial charge in [-0.15, -0.1) is 0 Å². The lowest BCUT2D eigenvalue weighted by Crippen LogP contribution is -2.41. The van der Waals surface area contributed by atoms with Crippen LogP contribution in [-0.4, -0.2) is 73.3 Å². The van der Waals surface area contributed by atoms with Gasteiger partial charge in [0.2, 0.25) is 0 Å². The van der Waals surface area contributed by atoms with E-state index in [1.807, 2.05) is 29.2 Å². The van der Waals surface area contributed by atoms with Crippen LogP contribution in [0.5, 0.6) is 5.75 Å². The first-order valence-electron chi connectivity index (χ1n) is 10.6. The van der Waals surface area contributed by atoms with Crippen molar-refractivity contribution in [1.82, 2.24) is 9.80 Å². The van der Waals surface area contributed by atoms with Gasteiger partial charge in [-0.1, -0.05) is 26.0 Å². The molecule has 7 heteroatoms. The average Bonchev–Trinajstić information content (AvgIpc) is 3.00. The van der Waals surface area contributed by atoms with Crippen LogP contribution < -0.4 is 4.74 Å². The summed E-state index contributed by atoms with van der Waals surface area (Å²) >= 11 is 0. The minimum atomic E-state index is -0.297. The molecule has 2 aliphatic heterocycles. The first-order valence-corrected chi connectivity index (χ1v) is 10.6. The quantitative estimate of drug-likeness (QED) is 0.622. The number of nitrogens with zero attached hydrogens (tertiary/aromatic N) is 2. The number of carbonyl (C=O) groups excluding carboxylic acids is 2. The second-order valence-corrected chi connectivity index (χ2v) is 8.34. The highest BCUT2D eigenvalue weighted by Gasteiger charge is 2.42. The van der Waals surface area contributed by atoms with Gasteiger partial charge in [-0.05, 0) is 42.4 Å². The van der Waals surface area contributed by atoms with E-state index in [4.69, 9.17) is 9.47 Å². The molecule has 30 heavy (non-hydrogen) atoms. The monoisotopic (exact) mass is 416 g/mol. The fourth-order valence-electron chi connectivity index (χ4n) is 3.90. The molecular weight excluding hydrogens is 384 g/mol. The van der Waals surface area contributed by atoms with Crippen molar-refractivity contribution in [3.63, 3.8) is 0 Å². The lowest BCUT2D eigenvalue weighted by molar-refractivity contribution is -0.138. The number of likely N-dealkylation sites (tertiary alicyclic amines) is 1. The number of piperidine rings is 1. The molecule has 164 valence electrons. The highest BCUT2D eigenvalue weighted by Crippen LogP contribution is 2.34. The second kappa shape index (κ2) is 10.1. The van der Waals surface area contributed by atoms with Gasteiger partial charge in [0.25, 0.3) is 11.8 Å². The number of carbonyl (C=O) groups is 2. The summed E-state index contributed by atoms with van der Waals surface area (Å²) in [7, 11) is 1.55. The lowest BCUT2D eigenvalue weighted by Gasteiger charge is -2.34. The van der Waals surface area contributed by atoms with Crippen LogP contribution in [0.25, 0.3) is 5.57 Å². The maximum absolute atomic E-state index is 13.2. The summed E-state index contributed by atoms with van der Waals surface area (Å²) in [6.07, 6.45) is 1.80. The maximum atomic E-state index is 13.2. The normalized spacial score (nSPS) is 20.0. The summed E-state index contributed by atoms with van der Waals surface area (Å²) in [6.45, 7) is 6.64. The predicted molar refractivity (Wildman–Crippen MR) is 114 cm³/mol. The average molecular weight is 417 g/mol. The number of hydrogen-bond acceptors (Lipinski definition) is 6. The summed E-state index contributed by atoms with van der Waals surface area (Å²) in [5, 5.41) is 9.61. The Kier molecular flexibility index (Phi) is 7.50. The molecule has 0 aliphatic carbocycles. The summed E-state index contributed by atoms with van der Waals surface area (Å²) in [6, 6.07) is 7.35. The second-order valence-electron chi connectivity index (χ2n) is 8.34. The van der Waals surface area contributed by atoms with E-state index in [1.54, 1.807) is 7.11 Å². The van der Waals surface area contributed by atoms with E-state index >= 15 is 0 Å². The minimum Gasteiger partial charge on any atom is -0.493 e. The summed E-state index contributed by atoms with van der Waals surface area (Å²) in [5.41, 5.74) is 1.56. The number of hydrogen-bond donors (Lipinski definition) is 1. The van der Waals surface area contributed by atoms with Crippen molar-refractivity contribution in [3.05, 3.63) is 35.5 Å². The first kappa shape index (κ1) is 22.3. The van der Waals surface area contributed by atoms with E-state index < -0.39 is 0 Å². The minimum absolute atomic E-state index is 0.0799. The van der Waals surface area contributed by atoms with Crippen LogP contribution in [0.4, 0.5) is 0 Å². The van der Waals surface area contributed by atoms with Crippen molar-refractivity contribution in [1.29, 1.82) is 0 Å². The van der Waals surface area contributed by atoms with Gasteiger partial charge in [0.1, 0.15) is 11.4 Å². The first-order chi connectivity index (χ1) is 14.5. The van der Waals surface area contributed by atoms with Crippen molar-refractivity contribution >= 4 is 17.4 Å². The van der Waals surface area contributed by atoms with Crippen molar-refractivity contribution in [2.24, 2.45) is 11.8 Å². The van der Waals surface area contributed by atoms with E-state index in [-0.39, 0.29) is 30.9 Å². The van der Waals surface area contributed by atoms with Gasteiger partial charge in [-0.2, -0.15) is 0 Å². The predicted octanol–water partition coefficient (Wildman–Crippen LogP) is 2.15. The van der Waals surface area contributed by atoms with E-state index in [9.17, 15) is 14.7 Å². The molecule has 1 aromatic carbocycles. The molecule has 2 heterocycles. The molecule has 2 amide bonds. The number of imide groups is 1. The third-order valence-corrected chi connectivity index (χ3v) is 5.48. The molecule has 0 spiro atoms. The Morgan fingerprint density at radius 2 is 1.90 bits per heavy atom. The van der Waals surface area contributed by atoms with Crippen LogP contribution in [0, 0.1) is 11.8 Å². The van der Waals surface area contributed by atoms with E-state index in [0.29, 0.717) is 49.1 Å². The number of amides is 2. The highest BCUT2D eigenvalue weighted by molar-refractivity contribution is 6.35. The van der Waals surface area contributed by atoms with Crippen LogP contribution in [0.1, 0.15) is 32.3 Å². The number of rotatable bonds is 9. The number of ether oxygens (including phenoxy) is 2. The molecular formula is C23H32N2O5. The van der Waals surface area contributed by atoms with Crippen molar-refractivity contribution in [2.45, 2.75) is 26.7 Å². The number of aliphatic hydroxyl groups is 1. The third kappa shape index (κ3) is 4.84. The molecule has 2 aliphatic rings. The van der Waals surface area contributed by atoms with Crippen LogP contribution in [0.2, 0.25) is 0 Å². The van der Waals surface area contributed by atoms with Gasteiger partial charge >= 0.3 is 0 Å². The van der Waals surface area contributed by atoms with E-state index in [1.165, 1.54) is 4.90 Å². The van der Waals surface area contributed by atoms with Crippen molar-refractivity contribution in [2.75, 3.05) is 46.6 Å². The molecule has 0 bridgehead atoms. The van der Waals surface area contributed by atoms with Gasteiger partial charge in [-0.3, -0.25) is 14.5 Å². The largest absolute Gasteiger partial charge is 0.493 e. The molecule has 1 N–H and O–H groups in total. The Bertz CT molecular complexity index is 787.